The summed E-state index contributed by atoms with van der Waals surface area (Å²) >= 11 is 0. The summed E-state index contributed by atoms with van der Waals surface area (Å²) in [6.45, 7) is 1.93. The Morgan fingerprint density at radius 2 is 1.76 bits per heavy atom. The van der Waals surface area contributed by atoms with Gasteiger partial charge in [0.05, 0.1) is 18.2 Å². The smallest absolute Gasteiger partial charge is 0.426 e. The Bertz CT molecular complexity index is 920. The Hall–Kier alpha value is -2.82. The molecule has 0 aliphatic carbocycles. The van der Waals surface area contributed by atoms with Crippen molar-refractivity contribution in [2.45, 2.75) is 6.92 Å². The zero-order valence-electron chi connectivity index (χ0n) is 11.6. The first-order chi connectivity index (χ1) is 10.1. The summed E-state index contributed by atoms with van der Waals surface area (Å²) in [5, 5.41) is 0.300. The van der Waals surface area contributed by atoms with Gasteiger partial charge in [0.2, 0.25) is 0 Å². The lowest BCUT2D eigenvalue weighted by atomic mass is 10.2. The van der Waals surface area contributed by atoms with Crippen molar-refractivity contribution < 1.29 is 9.15 Å². The molecule has 5 heteroatoms. The quantitative estimate of drug-likeness (QED) is 0.723. The second-order valence-electron chi connectivity index (χ2n) is 4.71. The normalized spacial score (nSPS) is 10.8. The molecule has 21 heavy (non-hydrogen) atoms. The van der Waals surface area contributed by atoms with Crippen LogP contribution in [-0.2, 0) is 0 Å². The predicted molar refractivity (Wildman–Crippen MR) is 79.4 cm³/mol. The van der Waals surface area contributed by atoms with Crippen molar-refractivity contribution in [2.24, 2.45) is 0 Å². The number of hydrogen-bond donors (Lipinski definition) is 0. The van der Waals surface area contributed by atoms with E-state index in [0.29, 0.717) is 16.8 Å². The second-order valence-corrected chi connectivity index (χ2v) is 4.71. The average Bonchev–Trinajstić information content (AvgIpc) is 2.49. The number of methoxy groups -OCH3 is 1. The number of ether oxygens (including phenoxy) is 1. The summed E-state index contributed by atoms with van der Waals surface area (Å²) in [5.74, 6) is -0.176. The maximum absolute atomic E-state index is 12.6. The molecule has 3 rings (SSSR count). The maximum Gasteiger partial charge on any atom is 0.426 e. The summed E-state index contributed by atoms with van der Waals surface area (Å²) in [6, 6.07) is 11.8. The third kappa shape index (κ3) is 2.23. The van der Waals surface area contributed by atoms with Gasteiger partial charge in [-0.25, -0.2) is 9.36 Å². The summed E-state index contributed by atoms with van der Waals surface area (Å²) in [6.07, 6.45) is 0. The highest BCUT2D eigenvalue weighted by Crippen LogP contribution is 2.17. The summed E-state index contributed by atoms with van der Waals surface area (Å²) < 4.78 is 11.3. The van der Waals surface area contributed by atoms with Crippen molar-refractivity contribution in [3.05, 3.63) is 68.9 Å². The van der Waals surface area contributed by atoms with Crippen molar-refractivity contribution in [3.8, 4) is 11.4 Å². The highest BCUT2D eigenvalue weighted by molar-refractivity contribution is 5.77. The van der Waals surface area contributed by atoms with Gasteiger partial charge in [-0.2, -0.15) is 0 Å². The zero-order valence-corrected chi connectivity index (χ0v) is 11.6. The van der Waals surface area contributed by atoms with Crippen LogP contribution in [0.5, 0.6) is 5.75 Å². The van der Waals surface area contributed by atoms with Crippen LogP contribution in [0.4, 0.5) is 0 Å². The van der Waals surface area contributed by atoms with Crippen molar-refractivity contribution in [3.63, 3.8) is 0 Å². The molecular weight excluding hydrogens is 270 g/mol. The van der Waals surface area contributed by atoms with Gasteiger partial charge in [0.15, 0.2) is 0 Å². The second kappa shape index (κ2) is 4.94. The van der Waals surface area contributed by atoms with Crippen molar-refractivity contribution in [1.82, 2.24) is 4.57 Å². The van der Waals surface area contributed by atoms with Crippen LogP contribution in [0.2, 0.25) is 0 Å². The predicted octanol–water partition coefficient (Wildman–Crippen LogP) is 2.26. The lowest BCUT2D eigenvalue weighted by molar-refractivity contribution is 0.414. The van der Waals surface area contributed by atoms with E-state index >= 15 is 0 Å². The van der Waals surface area contributed by atoms with E-state index in [2.05, 4.69) is 0 Å². The third-order valence-electron chi connectivity index (χ3n) is 3.29. The molecule has 0 aliphatic heterocycles. The number of aromatic nitrogens is 1. The summed E-state index contributed by atoms with van der Waals surface area (Å²) in [4.78, 5) is 24.6. The van der Waals surface area contributed by atoms with E-state index in [-0.39, 0.29) is 5.58 Å². The molecule has 0 aliphatic rings. The Morgan fingerprint density at radius 1 is 1.05 bits per heavy atom. The van der Waals surface area contributed by atoms with Crippen LogP contribution in [0.25, 0.3) is 16.7 Å². The highest BCUT2D eigenvalue weighted by Gasteiger charge is 2.12. The van der Waals surface area contributed by atoms with Crippen molar-refractivity contribution in [1.29, 1.82) is 0 Å². The number of fused-ring (bicyclic) bond motifs is 1. The van der Waals surface area contributed by atoms with Gasteiger partial charge in [0.25, 0.3) is 5.56 Å². The molecule has 0 unspecified atom stereocenters. The first-order valence-electron chi connectivity index (χ1n) is 6.41. The molecule has 2 aromatic carbocycles. The van der Waals surface area contributed by atoms with Gasteiger partial charge < -0.3 is 9.15 Å². The Morgan fingerprint density at radius 3 is 2.43 bits per heavy atom. The van der Waals surface area contributed by atoms with E-state index in [4.69, 9.17) is 9.15 Å². The first kappa shape index (κ1) is 13.2. The molecule has 0 saturated carbocycles. The molecule has 0 bridgehead atoms. The standard InChI is InChI=1S/C16H13NO4/c1-10-3-5-11(6-4-10)17-15(18)13-9-12(20-2)7-8-14(13)21-16(17)19/h3-9H,1-2H3. The van der Waals surface area contributed by atoms with E-state index in [9.17, 15) is 9.59 Å². The molecule has 0 radical (unpaired) electrons. The lowest BCUT2D eigenvalue weighted by Crippen LogP contribution is -2.30. The van der Waals surface area contributed by atoms with Gasteiger partial charge in [-0.1, -0.05) is 17.7 Å². The first-order valence-corrected chi connectivity index (χ1v) is 6.41. The monoisotopic (exact) mass is 283 g/mol. The minimum atomic E-state index is -0.707. The molecule has 106 valence electrons. The Kier molecular flexibility index (Phi) is 3.10. The third-order valence-corrected chi connectivity index (χ3v) is 3.29. The Balaban J connectivity index is 2.35. The van der Waals surface area contributed by atoms with Gasteiger partial charge in [-0.15, -0.1) is 0 Å². The molecule has 0 amide bonds. The van der Waals surface area contributed by atoms with Crippen LogP contribution in [0.3, 0.4) is 0 Å². The van der Waals surface area contributed by atoms with Crippen LogP contribution in [0.1, 0.15) is 5.56 Å². The zero-order chi connectivity index (χ0) is 15.0. The number of rotatable bonds is 2. The van der Waals surface area contributed by atoms with Gasteiger partial charge in [0, 0.05) is 0 Å². The van der Waals surface area contributed by atoms with Crippen molar-refractivity contribution >= 4 is 11.0 Å². The number of hydrogen-bond acceptors (Lipinski definition) is 4. The van der Waals surface area contributed by atoms with Gasteiger partial charge >= 0.3 is 5.76 Å². The molecule has 0 fully saturated rings. The number of nitrogens with zero attached hydrogens (tertiary/aromatic N) is 1. The van der Waals surface area contributed by atoms with Crippen LogP contribution in [-0.4, -0.2) is 11.7 Å². The molecule has 0 spiro atoms. The van der Waals surface area contributed by atoms with E-state index in [1.807, 2.05) is 19.1 Å². The molecular formula is C16H13NO4. The van der Waals surface area contributed by atoms with Gasteiger partial charge in [0.1, 0.15) is 11.3 Å². The van der Waals surface area contributed by atoms with E-state index < -0.39 is 11.3 Å². The Labute approximate surface area is 120 Å². The van der Waals surface area contributed by atoms with E-state index in [1.54, 1.807) is 30.3 Å². The molecule has 0 saturated heterocycles. The molecule has 0 N–H and O–H groups in total. The largest absolute Gasteiger partial charge is 0.497 e. The lowest BCUT2D eigenvalue weighted by Gasteiger charge is -2.06. The molecule has 1 aromatic heterocycles. The average molecular weight is 283 g/mol. The summed E-state index contributed by atoms with van der Waals surface area (Å²) in [7, 11) is 1.51. The van der Waals surface area contributed by atoms with Crippen LogP contribution < -0.4 is 16.1 Å². The number of aryl methyl sites for hydroxylation is 1. The van der Waals surface area contributed by atoms with Crippen LogP contribution in [0.15, 0.2) is 56.5 Å². The topological polar surface area (TPSA) is 61.4 Å². The van der Waals surface area contributed by atoms with Crippen molar-refractivity contribution in [2.75, 3.05) is 7.11 Å². The maximum atomic E-state index is 12.6. The SMILES string of the molecule is COc1ccc2oc(=O)n(-c3ccc(C)cc3)c(=O)c2c1. The molecule has 5 nitrogen and oxygen atoms in total. The molecule has 1 heterocycles. The fraction of sp³-hybridized carbons (Fsp3) is 0.125. The van der Waals surface area contributed by atoms with Crippen LogP contribution >= 0.6 is 0 Å². The summed E-state index contributed by atoms with van der Waals surface area (Å²) in [5.41, 5.74) is 1.33. The van der Waals surface area contributed by atoms with Gasteiger partial charge in [-0.05, 0) is 37.3 Å². The van der Waals surface area contributed by atoms with Crippen LogP contribution in [0, 0.1) is 6.92 Å². The number of benzene rings is 2. The molecule has 0 atom stereocenters. The van der Waals surface area contributed by atoms with E-state index in [1.165, 1.54) is 7.11 Å². The fourth-order valence-corrected chi connectivity index (χ4v) is 2.15. The van der Waals surface area contributed by atoms with Gasteiger partial charge in [-0.3, -0.25) is 4.79 Å². The molecule has 3 aromatic rings. The minimum Gasteiger partial charge on any atom is -0.497 e. The highest BCUT2D eigenvalue weighted by atomic mass is 16.5. The minimum absolute atomic E-state index is 0.245. The van der Waals surface area contributed by atoms with E-state index in [0.717, 1.165) is 10.1 Å². The fourth-order valence-electron chi connectivity index (χ4n) is 2.15.